The van der Waals surface area contributed by atoms with Gasteiger partial charge in [0.2, 0.25) is 11.8 Å². The second-order valence-electron chi connectivity index (χ2n) is 10.1. The van der Waals surface area contributed by atoms with Crippen molar-refractivity contribution < 1.29 is 14.0 Å². The number of rotatable bonds is 11. The van der Waals surface area contributed by atoms with Crippen LogP contribution in [0.4, 0.5) is 4.39 Å². The number of benzene rings is 4. The molecule has 0 aliphatic rings. The van der Waals surface area contributed by atoms with E-state index in [1.165, 1.54) is 12.1 Å². The van der Waals surface area contributed by atoms with E-state index in [1.807, 2.05) is 105 Å². The molecule has 0 heterocycles. The Morgan fingerprint density at radius 3 is 1.74 bits per heavy atom. The van der Waals surface area contributed by atoms with E-state index in [0.717, 1.165) is 22.3 Å². The summed E-state index contributed by atoms with van der Waals surface area (Å²) >= 11 is 0. The molecule has 4 aromatic carbocycles. The molecule has 0 radical (unpaired) electrons. The molecule has 4 nitrogen and oxygen atoms in total. The van der Waals surface area contributed by atoms with Crippen molar-refractivity contribution in [2.75, 3.05) is 0 Å². The van der Waals surface area contributed by atoms with Crippen LogP contribution in [0.3, 0.4) is 0 Å². The van der Waals surface area contributed by atoms with Crippen LogP contribution in [0.5, 0.6) is 0 Å². The first-order valence-electron chi connectivity index (χ1n) is 13.4. The van der Waals surface area contributed by atoms with Crippen molar-refractivity contribution in [1.29, 1.82) is 0 Å². The molecule has 0 bridgehead atoms. The van der Waals surface area contributed by atoms with Gasteiger partial charge in [-0.15, -0.1) is 0 Å². The molecule has 4 aromatic rings. The summed E-state index contributed by atoms with van der Waals surface area (Å²) in [5.41, 5.74) is 3.78. The van der Waals surface area contributed by atoms with Crippen LogP contribution in [-0.2, 0) is 22.6 Å². The van der Waals surface area contributed by atoms with Crippen LogP contribution in [0, 0.1) is 5.82 Å². The lowest BCUT2D eigenvalue weighted by Crippen LogP contribution is -2.52. The van der Waals surface area contributed by atoms with E-state index < -0.39 is 6.04 Å². The number of nitrogens with one attached hydrogen (secondary N) is 1. The summed E-state index contributed by atoms with van der Waals surface area (Å²) in [5, 5.41) is 3.02. The van der Waals surface area contributed by atoms with Crippen molar-refractivity contribution in [3.05, 3.63) is 143 Å². The van der Waals surface area contributed by atoms with Gasteiger partial charge in [-0.2, -0.15) is 0 Å². The van der Waals surface area contributed by atoms with Crippen molar-refractivity contribution in [3.8, 4) is 0 Å². The SMILES string of the molecule is CC(C)NC(=O)C(Cc1ccccc1)N(Cc1ccc(F)cc1)C(=O)CC(c1ccccc1)c1ccccc1. The number of hydrogen-bond acceptors (Lipinski definition) is 2. The van der Waals surface area contributed by atoms with E-state index >= 15 is 0 Å². The number of halogens is 1. The van der Waals surface area contributed by atoms with E-state index in [4.69, 9.17) is 0 Å². The number of carbonyl (C=O) groups excluding carboxylic acids is 2. The molecular weight excluding hydrogens is 487 g/mol. The lowest BCUT2D eigenvalue weighted by atomic mass is 9.87. The van der Waals surface area contributed by atoms with Crippen LogP contribution >= 0.6 is 0 Å². The normalized spacial score (nSPS) is 11.8. The molecule has 4 rings (SSSR count). The standard InChI is InChI=1S/C34H35FN2O2/c1-25(2)36-34(39)32(22-26-12-6-3-7-13-26)37(24-27-18-20-30(35)21-19-27)33(38)23-31(28-14-8-4-9-15-28)29-16-10-5-11-17-29/h3-21,25,31-32H,22-24H2,1-2H3,(H,36,39). The highest BCUT2D eigenvalue weighted by molar-refractivity contribution is 5.88. The summed E-state index contributed by atoms with van der Waals surface area (Å²) in [7, 11) is 0. The van der Waals surface area contributed by atoms with E-state index in [0.29, 0.717) is 6.42 Å². The minimum Gasteiger partial charge on any atom is -0.352 e. The minimum absolute atomic E-state index is 0.0834. The molecule has 0 saturated carbocycles. The van der Waals surface area contributed by atoms with Gasteiger partial charge in [-0.05, 0) is 48.2 Å². The van der Waals surface area contributed by atoms with Gasteiger partial charge in [0.05, 0.1) is 0 Å². The van der Waals surface area contributed by atoms with Gasteiger partial charge in [0, 0.05) is 31.3 Å². The smallest absolute Gasteiger partial charge is 0.243 e. The number of carbonyl (C=O) groups is 2. The second-order valence-corrected chi connectivity index (χ2v) is 10.1. The molecular formula is C34H35FN2O2. The summed E-state index contributed by atoms with van der Waals surface area (Å²) < 4.78 is 13.7. The first kappa shape index (κ1) is 27.8. The first-order valence-corrected chi connectivity index (χ1v) is 13.4. The summed E-state index contributed by atoms with van der Waals surface area (Å²) in [6.45, 7) is 4.01. The van der Waals surface area contributed by atoms with Gasteiger partial charge in [0.15, 0.2) is 0 Å². The fourth-order valence-electron chi connectivity index (χ4n) is 4.81. The Bertz CT molecular complexity index is 1290. The zero-order valence-electron chi connectivity index (χ0n) is 22.5. The summed E-state index contributed by atoms with van der Waals surface area (Å²) in [4.78, 5) is 29.5. The molecule has 0 aromatic heterocycles. The van der Waals surface area contributed by atoms with Crippen molar-refractivity contribution >= 4 is 11.8 Å². The number of nitrogens with zero attached hydrogens (tertiary/aromatic N) is 1. The van der Waals surface area contributed by atoms with Gasteiger partial charge in [-0.25, -0.2) is 4.39 Å². The van der Waals surface area contributed by atoms with Crippen LogP contribution in [0.2, 0.25) is 0 Å². The van der Waals surface area contributed by atoms with Crippen molar-refractivity contribution in [2.24, 2.45) is 0 Å². The zero-order valence-corrected chi connectivity index (χ0v) is 22.5. The second kappa shape index (κ2) is 13.5. The predicted octanol–water partition coefficient (Wildman–Crippen LogP) is 6.51. The molecule has 5 heteroatoms. The maximum absolute atomic E-state index is 14.3. The molecule has 0 saturated heterocycles. The first-order chi connectivity index (χ1) is 18.9. The lowest BCUT2D eigenvalue weighted by molar-refractivity contribution is -0.141. The molecule has 1 unspecified atom stereocenters. The van der Waals surface area contributed by atoms with Crippen LogP contribution < -0.4 is 5.32 Å². The molecule has 39 heavy (non-hydrogen) atoms. The van der Waals surface area contributed by atoms with Crippen LogP contribution in [0.15, 0.2) is 115 Å². The highest BCUT2D eigenvalue weighted by Crippen LogP contribution is 2.30. The van der Waals surface area contributed by atoms with E-state index in [2.05, 4.69) is 5.32 Å². The topological polar surface area (TPSA) is 49.4 Å². The highest BCUT2D eigenvalue weighted by Gasteiger charge is 2.32. The molecule has 1 N–H and O–H groups in total. The Morgan fingerprint density at radius 2 is 1.23 bits per heavy atom. The molecule has 0 aliphatic heterocycles. The third-order valence-corrected chi connectivity index (χ3v) is 6.75. The minimum atomic E-state index is -0.737. The van der Waals surface area contributed by atoms with Crippen LogP contribution in [-0.4, -0.2) is 28.8 Å². The Labute approximate surface area is 230 Å². The summed E-state index contributed by atoms with van der Waals surface area (Å²) in [6.07, 6.45) is 0.559. The number of hydrogen-bond donors (Lipinski definition) is 1. The van der Waals surface area contributed by atoms with Crippen LogP contribution in [0.1, 0.15) is 48.4 Å². The third-order valence-electron chi connectivity index (χ3n) is 6.75. The van der Waals surface area contributed by atoms with Gasteiger partial charge in [-0.1, -0.05) is 103 Å². The summed E-state index contributed by atoms with van der Waals surface area (Å²) in [5.74, 6) is -0.874. The highest BCUT2D eigenvalue weighted by atomic mass is 19.1. The van der Waals surface area contributed by atoms with Gasteiger partial charge >= 0.3 is 0 Å². The summed E-state index contributed by atoms with van der Waals surface area (Å²) in [6, 6.07) is 34.9. The molecule has 0 spiro atoms. The van der Waals surface area contributed by atoms with E-state index in [9.17, 15) is 14.0 Å². The zero-order chi connectivity index (χ0) is 27.6. The van der Waals surface area contributed by atoms with Crippen LogP contribution in [0.25, 0.3) is 0 Å². The molecule has 0 fully saturated rings. The maximum atomic E-state index is 14.3. The largest absolute Gasteiger partial charge is 0.352 e. The average molecular weight is 523 g/mol. The van der Waals surface area contributed by atoms with Gasteiger partial charge in [0.1, 0.15) is 11.9 Å². The van der Waals surface area contributed by atoms with Gasteiger partial charge in [0.25, 0.3) is 0 Å². The fraction of sp³-hybridized carbons (Fsp3) is 0.235. The Balaban J connectivity index is 1.73. The van der Waals surface area contributed by atoms with Crippen molar-refractivity contribution in [2.45, 2.75) is 51.2 Å². The molecule has 0 aliphatic carbocycles. The third kappa shape index (κ3) is 7.87. The lowest BCUT2D eigenvalue weighted by Gasteiger charge is -2.33. The van der Waals surface area contributed by atoms with E-state index in [1.54, 1.807) is 17.0 Å². The van der Waals surface area contributed by atoms with Crippen molar-refractivity contribution in [3.63, 3.8) is 0 Å². The Kier molecular flexibility index (Phi) is 9.63. The van der Waals surface area contributed by atoms with E-state index in [-0.39, 0.29) is 42.6 Å². The van der Waals surface area contributed by atoms with Crippen molar-refractivity contribution in [1.82, 2.24) is 10.2 Å². The monoisotopic (exact) mass is 522 g/mol. The average Bonchev–Trinajstić information content (AvgIpc) is 2.95. The number of amides is 2. The van der Waals surface area contributed by atoms with Gasteiger partial charge in [-0.3, -0.25) is 9.59 Å². The Morgan fingerprint density at radius 1 is 0.718 bits per heavy atom. The quantitative estimate of drug-likeness (QED) is 0.244. The molecule has 1 atom stereocenters. The fourth-order valence-corrected chi connectivity index (χ4v) is 4.81. The predicted molar refractivity (Wildman–Crippen MR) is 154 cm³/mol. The maximum Gasteiger partial charge on any atom is 0.243 e. The Hall–Kier alpha value is -4.25. The molecule has 2 amide bonds. The molecule has 200 valence electrons. The van der Waals surface area contributed by atoms with Gasteiger partial charge < -0.3 is 10.2 Å².